The molecular formula is C13H17ClN2OS. The number of phenols is 1. The van der Waals surface area contributed by atoms with E-state index in [4.69, 9.17) is 17.3 Å². The van der Waals surface area contributed by atoms with Crippen LogP contribution in [0.15, 0.2) is 0 Å². The number of nitrogens with zero attached hydrogens (tertiary/aromatic N) is 1. The number of nitrogen functional groups attached to an aromatic ring is 1. The van der Waals surface area contributed by atoms with Crippen LogP contribution < -0.4 is 5.73 Å². The highest BCUT2D eigenvalue weighted by Crippen LogP contribution is 2.46. The molecule has 0 bridgehead atoms. The second-order valence-corrected chi connectivity index (χ2v) is 6.44. The number of anilines is 1. The number of nitrogens with two attached hydrogens (primary N) is 1. The Morgan fingerprint density at radius 2 is 1.72 bits per heavy atom. The van der Waals surface area contributed by atoms with Crippen molar-refractivity contribution in [3.8, 4) is 5.75 Å². The second kappa shape index (κ2) is 4.59. The van der Waals surface area contributed by atoms with Gasteiger partial charge >= 0.3 is 0 Å². The van der Waals surface area contributed by atoms with Crippen LogP contribution in [0.2, 0.25) is 5.02 Å². The van der Waals surface area contributed by atoms with E-state index in [1.54, 1.807) is 0 Å². The number of rotatable bonds is 2. The Bertz CT molecular complexity index is 605. The minimum atomic E-state index is 0.141. The number of aromatic nitrogens is 1. The van der Waals surface area contributed by atoms with Crippen LogP contribution in [0.3, 0.4) is 0 Å². The van der Waals surface area contributed by atoms with Crippen molar-refractivity contribution < 1.29 is 5.11 Å². The zero-order valence-corrected chi connectivity index (χ0v) is 12.5. The Labute approximate surface area is 116 Å². The first-order valence-electron chi connectivity index (χ1n) is 5.94. The first-order chi connectivity index (χ1) is 8.34. The number of hydrogen-bond acceptors (Lipinski definition) is 4. The van der Waals surface area contributed by atoms with Crippen LogP contribution in [0.1, 0.15) is 50.7 Å². The number of halogens is 1. The van der Waals surface area contributed by atoms with Crippen molar-refractivity contribution in [2.24, 2.45) is 0 Å². The highest BCUT2D eigenvalue weighted by atomic mass is 35.5. The summed E-state index contributed by atoms with van der Waals surface area (Å²) >= 11 is 7.74. The zero-order valence-electron chi connectivity index (χ0n) is 10.9. The fourth-order valence-corrected chi connectivity index (χ4v) is 3.75. The van der Waals surface area contributed by atoms with Crippen molar-refractivity contribution in [1.82, 2.24) is 4.98 Å². The highest BCUT2D eigenvalue weighted by Gasteiger charge is 2.24. The van der Waals surface area contributed by atoms with Gasteiger partial charge in [-0.2, -0.15) is 0 Å². The van der Waals surface area contributed by atoms with Crippen molar-refractivity contribution in [1.29, 1.82) is 0 Å². The maximum Gasteiger partial charge on any atom is 0.181 e. The number of hydrogen-bond donors (Lipinski definition) is 2. The third-order valence-corrected chi connectivity index (χ3v) is 4.30. The van der Waals surface area contributed by atoms with Crippen LogP contribution in [0.5, 0.6) is 5.75 Å². The largest absolute Gasteiger partial charge is 0.507 e. The van der Waals surface area contributed by atoms with Gasteiger partial charge in [0, 0.05) is 11.1 Å². The molecule has 0 aliphatic heterocycles. The van der Waals surface area contributed by atoms with Crippen molar-refractivity contribution in [2.45, 2.75) is 39.5 Å². The van der Waals surface area contributed by atoms with Crippen LogP contribution >= 0.6 is 22.9 Å². The minimum absolute atomic E-state index is 0.141. The van der Waals surface area contributed by atoms with E-state index in [2.05, 4.69) is 4.98 Å². The van der Waals surface area contributed by atoms with Crippen LogP contribution in [0.4, 0.5) is 5.13 Å². The predicted octanol–water partition coefficient (Wildman–Crippen LogP) is 4.48. The van der Waals surface area contributed by atoms with E-state index in [1.165, 1.54) is 11.3 Å². The highest BCUT2D eigenvalue weighted by molar-refractivity contribution is 7.22. The molecule has 5 heteroatoms. The SMILES string of the molecule is CC(C)c1c(O)c(C(C)C)c2sc(N)nc2c1Cl. The molecule has 3 N–H and O–H groups in total. The van der Waals surface area contributed by atoms with Crippen molar-refractivity contribution in [2.75, 3.05) is 5.73 Å². The quantitative estimate of drug-likeness (QED) is 0.854. The Morgan fingerprint density at radius 3 is 2.22 bits per heavy atom. The molecule has 2 rings (SSSR count). The second-order valence-electron chi connectivity index (χ2n) is 5.03. The summed E-state index contributed by atoms with van der Waals surface area (Å²) in [5.41, 5.74) is 8.14. The number of aromatic hydroxyl groups is 1. The van der Waals surface area contributed by atoms with Gasteiger partial charge in [-0.15, -0.1) is 0 Å². The molecule has 0 saturated heterocycles. The van der Waals surface area contributed by atoms with Gasteiger partial charge in [0.1, 0.15) is 11.3 Å². The lowest BCUT2D eigenvalue weighted by Gasteiger charge is -2.17. The molecule has 1 heterocycles. The first-order valence-corrected chi connectivity index (χ1v) is 7.14. The van der Waals surface area contributed by atoms with Gasteiger partial charge in [-0.25, -0.2) is 4.98 Å². The Hall–Kier alpha value is -1.00. The summed E-state index contributed by atoms with van der Waals surface area (Å²) in [6.45, 7) is 8.10. The average Bonchev–Trinajstić information content (AvgIpc) is 2.58. The molecule has 0 fully saturated rings. The van der Waals surface area contributed by atoms with E-state index in [0.29, 0.717) is 21.4 Å². The number of thiazole rings is 1. The van der Waals surface area contributed by atoms with Crippen molar-refractivity contribution >= 4 is 38.3 Å². The minimum Gasteiger partial charge on any atom is -0.507 e. The normalized spacial score (nSPS) is 11.9. The summed E-state index contributed by atoms with van der Waals surface area (Å²) in [5.74, 6) is 0.630. The van der Waals surface area contributed by atoms with Gasteiger partial charge in [-0.05, 0) is 11.8 Å². The molecule has 0 saturated carbocycles. The van der Waals surface area contributed by atoms with E-state index >= 15 is 0 Å². The molecule has 0 aliphatic carbocycles. The summed E-state index contributed by atoms with van der Waals surface area (Å²) in [6, 6.07) is 0. The van der Waals surface area contributed by atoms with Gasteiger partial charge in [0.15, 0.2) is 5.13 Å². The van der Waals surface area contributed by atoms with E-state index in [-0.39, 0.29) is 11.8 Å². The van der Waals surface area contributed by atoms with E-state index < -0.39 is 0 Å². The Kier molecular flexibility index (Phi) is 3.43. The maximum absolute atomic E-state index is 10.5. The molecule has 2 aromatic rings. The molecule has 18 heavy (non-hydrogen) atoms. The van der Waals surface area contributed by atoms with Gasteiger partial charge in [-0.1, -0.05) is 50.6 Å². The summed E-state index contributed by atoms with van der Waals surface area (Å²) in [6.07, 6.45) is 0. The first kappa shape index (κ1) is 13.4. The van der Waals surface area contributed by atoms with E-state index in [1.807, 2.05) is 27.7 Å². The predicted molar refractivity (Wildman–Crippen MR) is 78.9 cm³/mol. The van der Waals surface area contributed by atoms with Gasteiger partial charge in [-0.3, -0.25) is 0 Å². The van der Waals surface area contributed by atoms with Crippen LogP contribution in [-0.4, -0.2) is 10.1 Å². The summed E-state index contributed by atoms with van der Waals surface area (Å²) < 4.78 is 0.898. The molecule has 0 aliphatic rings. The topological polar surface area (TPSA) is 59.1 Å². The molecule has 0 atom stereocenters. The smallest absolute Gasteiger partial charge is 0.181 e. The van der Waals surface area contributed by atoms with Crippen LogP contribution in [-0.2, 0) is 0 Å². The third-order valence-electron chi connectivity index (χ3n) is 3.00. The maximum atomic E-state index is 10.5. The average molecular weight is 285 g/mol. The standard InChI is InChI=1S/C13H17ClN2OS/c1-5(2)7-9(14)10-12(18-13(15)16-10)8(6(3)4)11(7)17/h5-6,17H,1-4H3,(H2,15,16). The molecule has 1 aromatic carbocycles. The third kappa shape index (κ3) is 1.93. The van der Waals surface area contributed by atoms with Crippen LogP contribution in [0, 0.1) is 0 Å². The molecular weight excluding hydrogens is 268 g/mol. The number of fused-ring (bicyclic) bond motifs is 1. The van der Waals surface area contributed by atoms with Gasteiger partial charge in [0.05, 0.1) is 9.72 Å². The van der Waals surface area contributed by atoms with Gasteiger partial charge < -0.3 is 10.8 Å². The summed E-state index contributed by atoms with van der Waals surface area (Å²) in [7, 11) is 0. The monoisotopic (exact) mass is 284 g/mol. The Balaban J connectivity index is 2.96. The summed E-state index contributed by atoms with van der Waals surface area (Å²) in [4.78, 5) is 4.29. The summed E-state index contributed by atoms with van der Waals surface area (Å²) in [5, 5.41) is 11.5. The van der Waals surface area contributed by atoms with Gasteiger partial charge in [0.25, 0.3) is 0 Å². The van der Waals surface area contributed by atoms with E-state index in [0.717, 1.165) is 15.8 Å². The molecule has 0 unspecified atom stereocenters. The van der Waals surface area contributed by atoms with Crippen molar-refractivity contribution in [3.63, 3.8) is 0 Å². The number of benzene rings is 1. The van der Waals surface area contributed by atoms with Gasteiger partial charge in [0.2, 0.25) is 0 Å². The molecule has 98 valence electrons. The lowest BCUT2D eigenvalue weighted by atomic mass is 9.93. The molecule has 0 spiro atoms. The fourth-order valence-electron chi connectivity index (χ4n) is 2.21. The lowest BCUT2D eigenvalue weighted by molar-refractivity contribution is 0.456. The van der Waals surface area contributed by atoms with E-state index in [9.17, 15) is 5.11 Å². The van der Waals surface area contributed by atoms with Crippen molar-refractivity contribution in [3.05, 3.63) is 16.1 Å². The number of phenolic OH excluding ortho intramolecular Hbond substituents is 1. The Morgan fingerprint density at radius 1 is 1.17 bits per heavy atom. The fraction of sp³-hybridized carbons (Fsp3) is 0.462. The zero-order chi connectivity index (χ0) is 13.6. The molecule has 3 nitrogen and oxygen atoms in total. The molecule has 0 amide bonds. The molecule has 0 radical (unpaired) electrons. The lowest BCUT2D eigenvalue weighted by Crippen LogP contribution is -1.98. The molecule has 1 aromatic heterocycles. The van der Waals surface area contributed by atoms with Crippen LogP contribution in [0.25, 0.3) is 10.2 Å².